The highest BCUT2D eigenvalue weighted by molar-refractivity contribution is 5.77. The van der Waals surface area contributed by atoms with Crippen LogP contribution < -0.4 is 5.32 Å². The number of nitrogens with one attached hydrogen (secondary N) is 1. The van der Waals surface area contributed by atoms with Crippen molar-refractivity contribution >= 4 is 12.0 Å². The quantitative estimate of drug-likeness (QED) is 0.809. The second kappa shape index (κ2) is 6.07. The number of rotatable bonds is 4. The van der Waals surface area contributed by atoms with Gasteiger partial charge >= 0.3 is 12.0 Å². The van der Waals surface area contributed by atoms with Crippen molar-refractivity contribution in [2.45, 2.75) is 52.0 Å². The van der Waals surface area contributed by atoms with Gasteiger partial charge in [-0.3, -0.25) is 4.79 Å². The van der Waals surface area contributed by atoms with Crippen molar-refractivity contribution in [1.29, 1.82) is 0 Å². The van der Waals surface area contributed by atoms with E-state index in [1.165, 1.54) is 0 Å². The predicted molar refractivity (Wildman–Crippen MR) is 69.5 cm³/mol. The van der Waals surface area contributed by atoms with E-state index in [2.05, 4.69) is 12.2 Å². The number of piperidine rings is 1. The van der Waals surface area contributed by atoms with Crippen molar-refractivity contribution in [3.63, 3.8) is 0 Å². The van der Waals surface area contributed by atoms with Crippen LogP contribution >= 0.6 is 0 Å². The van der Waals surface area contributed by atoms with Gasteiger partial charge < -0.3 is 15.3 Å². The number of hydrogen-bond acceptors (Lipinski definition) is 2. The van der Waals surface area contributed by atoms with E-state index in [0.29, 0.717) is 19.5 Å². The summed E-state index contributed by atoms with van der Waals surface area (Å²) in [4.78, 5) is 24.7. The van der Waals surface area contributed by atoms with Crippen molar-refractivity contribution in [3.05, 3.63) is 0 Å². The van der Waals surface area contributed by atoms with Crippen LogP contribution in [0.1, 0.15) is 46.5 Å². The standard InChI is InChI=1S/C13H24N2O3/c1-4-7-13(2,3)14-12(18)15-8-5-6-10(9-15)11(16)17/h10H,4-9H2,1-3H3,(H,14,18)(H,16,17)/t10-/m0/s1. The normalized spacial score (nSPS) is 20.6. The minimum Gasteiger partial charge on any atom is -0.481 e. The molecule has 0 aromatic carbocycles. The van der Waals surface area contributed by atoms with Gasteiger partial charge in [0.05, 0.1) is 5.92 Å². The van der Waals surface area contributed by atoms with E-state index in [-0.39, 0.29) is 11.6 Å². The predicted octanol–water partition coefficient (Wildman–Crippen LogP) is 2.07. The molecule has 0 spiro atoms. The summed E-state index contributed by atoms with van der Waals surface area (Å²) in [5.41, 5.74) is -0.234. The first-order chi connectivity index (χ1) is 8.35. The van der Waals surface area contributed by atoms with E-state index in [0.717, 1.165) is 19.3 Å². The van der Waals surface area contributed by atoms with Crippen LogP contribution in [0.15, 0.2) is 0 Å². The molecule has 1 fully saturated rings. The molecular formula is C13H24N2O3. The summed E-state index contributed by atoms with van der Waals surface area (Å²) in [6, 6.07) is -0.139. The molecule has 1 heterocycles. The van der Waals surface area contributed by atoms with E-state index in [1.54, 1.807) is 4.90 Å². The topological polar surface area (TPSA) is 69.6 Å². The highest BCUT2D eigenvalue weighted by Crippen LogP contribution is 2.18. The maximum Gasteiger partial charge on any atom is 0.317 e. The number of aliphatic carboxylic acids is 1. The molecule has 2 N–H and O–H groups in total. The molecule has 0 aliphatic carbocycles. The van der Waals surface area contributed by atoms with E-state index in [9.17, 15) is 9.59 Å². The lowest BCUT2D eigenvalue weighted by atomic mass is 9.97. The maximum absolute atomic E-state index is 12.1. The molecule has 0 saturated carbocycles. The molecule has 104 valence electrons. The molecule has 1 saturated heterocycles. The molecular weight excluding hydrogens is 232 g/mol. The summed E-state index contributed by atoms with van der Waals surface area (Å²) >= 11 is 0. The smallest absolute Gasteiger partial charge is 0.317 e. The monoisotopic (exact) mass is 256 g/mol. The highest BCUT2D eigenvalue weighted by Gasteiger charge is 2.30. The van der Waals surface area contributed by atoms with Crippen molar-refractivity contribution in [1.82, 2.24) is 10.2 Å². The zero-order valence-corrected chi connectivity index (χ0v) is 11.5. The van der Waals surface area contributed by atoms with Gasteiger partial charge in [0.25, 0.3) is 0 Å². The summed E-state index contributed by atoms with van der Waals surface area (Å²) < 4.78 is 0. The molecule has 1 atom stereocenters. The van der Waals surface area contributed by atoms with Gasteiger partial charge in [-0.1, -0.05) is 13.3 Å². The summed E-state index contributed by atoms with van der Waals surface area (Å²) in [7, 11) is 0. The van der Waals surface area contributed by atoms with Gasteiger partial charge in [-0.25, -0.2) is 4.79 Å². The number of amides is 2. The number of carboxylic acids is 1. The lowest BCUT2D eigenvalue weighted by Gasteiger charge is -2.34. The Morgan fingerprint density at radius 3 is 2.67 bits per heavy atom. The minimum atomic E-state index is -0.805. The number of urea groups is 1. The zero-order valence-electron chi connectivity index (χ0n) is 11.5. The fourth-order valence-corrected chi connectivity index (χ4v) is 2.42. The summed E-state index contributed by atoms with van der Waals surface area (Å²) in [6.07, 6.45) is 3.34. The third-order valence-corrected chi connectivity index (χ3v) is 3.38. The van der Waals surface area contributed by atoms with Crippen LogP contribution in [0.25, 0.3) is 0 Å². The van der Waals surface area contributed by atoms with E-state index < -0.39 is 11.9 Å². The Hall–Kier alpha value is -1.26. The highest BCUT2D eigenvalue weighted by atomic mass is 16.4. The first-order valence-corrected chi connectivity index (χ1v) is 6.65. The van der Waals surface area contributed by atoms with Gasteiger partial charge in [0.1, 0.15) is 0 Å². The van der Waals surface area contributed by atoms with Gasteiger partial charge in [-0.2, -0.15) is 0 Å². The van der Waals surface area contributed by atoms with Crippen LogP contribution in [0.4, 0.5) is 4.79 Å². The first kappa shape index (κ1) is 14.8. The second-order valence-corrected chi connectivity index (χ2v) is 5.69. The van der Waals surface area contributed by atoms with Crippen molar-refractivity contribution in [2.75, 3.05) is 13.1 Å². The molecule has 5 heteroatoms. The number of likely N-dealkylation sites (tertiary alicyclic amines) is 1. The lowest BCUT2D eigenvalue weighted by Crippen LogP contribution is -2.53. The molecule has 1 aliphatic heterocycles. The molecule has 0 radical (unpaired) electrons. The first-order valence-electron chi connectivity index (χ1n) is 6.65. The number of carbonyl (C=O) groups excluding carboxylic acids is 1. The Balaban J connectivity index is 2.53. The molecule has 0 aromatic rings. The molecule has 0 bridgehead atoms. The second-order valence-electron chi connectivity index (χ2n) is 5.69. The van der Waals surface area contributed by atoms with Crippen molar-refractivity contribution in [3.8, 4) is 0 Å². The Morgan fingerprint density at radius 2 is 2.11 bits per heavy atom. The van der Waals surface area contributed by atoms with E-state index >= 15 is 0 Å². The molecule has 0 unspecified atom stereocenters. The van der Waals surface area contributed by atoms with Gasteiger partial charge in [-0.05, 0) is 33.1 Å². The Bertz CT molecular complexity index is 315. The molecule has 0 aromatic heterocycles. The van der Waals surface area contributed by atoms with Crippen LogP contribution in [0, 0.1) is 5.92 Å². The average molecular weight is 256 g/mol. The molecule has 1 aliphatic rings. The van der Waals surface area contributed by atoms with Crippen molar-refractivity contribution < 1.29 is 14.7 Å². The van der Waals surface area contributed by atoms with Crippen molar-refractivity contribution in [2.24, 2.45) is 5.92 Å². The van der Waals surface area contributed by atoms with Gasteiger partial charge in [0.2, 0.25) is 0 Å². The van der Waals surface area contributed by atoms with Gasteiger partial charge in [-0.15, -0.1) is 0 Å². The van der Waals surface area contributed by atoms with Crippen LogP contribution in [0.3, 0.4) is 0 Å². The molecule has 1 rings (SSSR count). The fourth-order valence-electron chi connectivity index (χ4n) is 2.42. The minimum absolute atomic E-state index is 0.139. The number of hydrogen-bond donors (Lipinski definition) is 2. The van der Waals surface area contributed by atoms with E-state index in [1.807, 2.05) is 13.8 Å². The molecule has 5 nitrogen and oxygen atoms in total. The van der Waals surface area contributed by atoms with Crippen LogP contribution in [-0.2, 0) is 4.79 Å². The van der Waals surface area contributed by atoms with Crippen LogP contribution in [0.2, 0.25) is 0 Å². The third-order valence-electron chi connectivity index (χ3n) is 3.38. The molecule has 2 amide bonds. The number of carbonyl (C=O) groups is 2. The number of nitrogens with zero attached hydrogens (tertiary/aromatic N) is 1. The Kier molecular flexibility index (Phi) is 4.99. The SMILES string of the molecule is CCCC(C)(C)NC(=O)N1CCC[C@H](C(=O)O)C1. The largest absolute Gasteiger partial charge is 0.481 e. The molecule has 18 heavy (non-hydrogen) atoms. The fraction of sp³-hybridized carbons (Fsp3) is 0.846. The van der Waals surface area contributed by atoms with E-state index in [4.69, 9.17) is 5.11 Å². The zero-order chi connectivity index (χ0) is 13.8. The average Bonchev–Trinajstić information content (AvgIpc) is 2.28. The Labute approximate surface area is 109 Å². The van der Waals surface area contributed by atoms with Gasteiger partial charge in [0, 0.05) is 18.6 Å². The van der Waals surface area contributed by atoms with Gasteiger partial charge in [0.15, 0.2) is 0 Å². The number of carboxylic acid groups (broad SMARTS) is 1. The summed E-state index contributed by atoms with van der Waals surface area (Å²) in [5.74, 6) is -1.22. The van der Waals surface area contributed by atoms with Crippen LogP contribution in [0.5, 0.6) is 0 Å². The summed E-state index contributed by atoms with van der Waals surface area (Å²) in [5, 5.41) is 12.0. The lowest BCUT2D eigenvalue weighted by molar-refractivity contribution is -0.143. The summed E-state index contributed by atoms with van der Waals surface area (Å²) in [6.45, 7) is 7.04. The van der Waals surface area contributed by atoms with Crippen LogP contribution in [-0.4, -0.2) is 40.6 Å². The Morgan fingerprint density at radius 1 is 1.44 bits per heavy atom. The maximum atomic E-state index is 12.1. The third kappa shape index (κ3) is 4.20.